The highest BCUT2D eigenvalue weighted by Crippen LogP contribution is 2.45. The lowest BCUT2D eigenvalue weighted by molar-refractivity contribution is -0.383. The third kappa shape index (κ3) is 2.55. The number of benzene rings is 2. The molecular weight excluding hydrogens is 334 g/mol. The molecule has 134 valence electrons. The van der Waals surface area contributed by atoms with E-state index in [0.717, 1.165) is 41.7 Å². The smallest absolute Gasteiger partial charge is 0.295 e. The first-order valence-electron chi connectivity index (χ1n) is 8.38. The molecule has 0 fully saturated rings. The first-order chi connectivity index (χ1) is 12.5. The Morgan fingerprint density at radius 2 is 2.12 bits per heavy atom. The summed E-state index contributed by atoms with van der Waals surface area (Å²) < 4.78 is 0. The number of phenols is 1. The maximum Gasteiger partial charge on any atom is 0.295 e. The predicted molar refractivity (Wildman–Crippen MR) is 102 cm³/mol. The standard InChI is InChI=1S/C18H19N5O3/c1-21(2)8-3-9-22-14-6-7-15(23(25)26)18-16(14)17(20-22)12-10-11(24)4-5-13(12)19-18/h4-7,10,20,24H,3,8-9H2,1-2H3. The molecule has 1 aliphatic rings. The van der Waals surface area contributed by atoms with Crippen LogP contribution in [0.3, 0.4) is 0 Å². The van der Waals surface area contributed by atoms with Crippen molar-refractivity contribution < 1.29 is 10.0 Å². The molecule has 0 radical (unpaired) electrons. The van der Waals surface area contributed by atoms with Gasteiger partial charge in [-0.25, -0.2) is 4.98 Å². The van der Waals surface area contributed by atoms with Crippen LogP contribution in [0, 0.1) is 10.1 Å². The lowest BCUT2D eigenvalue weighted by Gasteiger charge is -2.21. The Bertz CT molecular complexity index is 1030. The van der Waals surface area contributed by atoms with Crippen LogP contribution in [-0.2, 0) is 0 Å². The quantitative estimate of drug-likeness (QED) is 0.413. The van der Waals surface area contributed by atoms with Crippen LogP contribution in [0.2, 0.25) is 0 Å². The second-order valence-electron chi connectivity index (χ2n) is 6.69. The second-order valence-corrected chi connectivity index (χ2v) is 6.69. The van der Waals surface area contributed by atoms with E-state index in [9.17, 15) is 15.2 Å². The van der Waals surface area contributed by atoms with Gasteiger partial charge >= 0.3 is 0 Å². The first kappa shape index (κ1) is 16.3. The highest BCUT2D eigenvalue weighted by atomic mass is 16.6. The van der Waals surface area contributed by atoms with Crippen molar-refractivity contribution in [2.45, 2.75) is 6.42 Å². The first-order valence-corrected chi connectivity index (χ1v) is 8.38. The molecule has 0 amide bonds. The molecule has 0 atom stereocenters. The minimum Gasteiger partial charge on any atom is -0.508 e. The summed E-state index contributed by atoms with van der Waals surface area (Å²) in [5.41, 5.74) is 5.94. The number of anilines is 2. The fraction of sp³-hybridized carbons (Fsp3) is 0.278. The number of nitro benzene ring substituents is 1. The van der Waals surface area contributed by atoms with Crippen LogP contribution >= 0.6 is 0 Å². The Morgan fingerprint density at radius 3 is 2.85 bits per heavy atom. The maximum absolute atomic E-state index is 11.5. The zero-order chi connectivity index (χ0) is 18.4. The van der Waals surface area contributed by atoms with E-state index in [1.165, 1.54) is 12.1 Å². The number of aromatic nitrogens is 1. The Hall–Kier alpha value is -3.13. The van der Waals surface area contributed by atoms with Gasteiger partial charge in [-0.1, -0.05) is 0 Å². The van der Waals surface area contributed by atoms with Crippen LogP contribution in [0.5, 0.6) is 5.75 Å². The highest BCUT2D eigenvalue weighted by Gasteiger charge is 2.28. The Balaban J connectivity index is 1.90. The highest BCUT2D eigenvalue weighted by molar-refractivity contribution is 6.18. The van der Waals surface area contributed by atoms with Gasteiger partial charge in [-0.15, -0.1) is 0 Å². The van der Waals surface area contributed by atoms with Crippen LogP contribution in [0.4, 0.5) is 17.1 Å². The molecule has 0 saturated carbocycles. The summed E-state index contributed by atoms with van der Waals surface area (Å²) >= 11 is 0. The summed E-state index contributed by atoms with van der Waals surface area (Å²) in [6, 6.07) is 8.11. The van der Waals surface area contributed by atoms with Gasteiger partial charge in [0.25, 0.3) is 5.69 Å². The number of rotatable bonds is 5. The Morgan fingerprint density at radius 1 is 1.31 bits per heavy atom. The molecule has 4 rings (SSSR count). The molecule has 26 heavy (non-hydrogen) atoms. The van der Waals surface area contributed by atoms with Crippen LogP contribution in [-0.4, -0.2) is 47.1 Å². The maximum atomic E-state index is 11.5. The van der Waals surface area contributed by atoms with E-state index in [-0.39, 0.29) is 11.4 Å². The third-order valence-electron chi connectivity index (χ3n) is 4.59. The fourth-order valence-corrected chi connectivity index (χ4v) is 3.41. The van der Waals surface area contributed by atoms with E-state index in [0.29, 0.717) is 11.0 Å². The number of hydrogen-bond acceptors (Lipinski definition) is 7. The van der Waals surface area contributed by atoms with Gasteiger partial charge in [0, 0.05) is 18.0 Å². The van der Waals surface area contributed by atoms with Crippen molar-refractivity contribution in [2.75, 3.05) is 37.6 Å². The lowest BCUT2D eigenvalue weighted by Crippen LogP contribution is -2.29. The molecule has 1 aliphatic heterocycles. The molecule has 0 bridgehead atoms. The number of nitrogens with zero attached hydrogens (tertiary/aromatic N) is 4. The molecule has 2 heterocycles. The molecule has 3 aromatic rings. The number of pyridine rings is 1. The summed E-state index contributed by atoms with van der Waals surface area (Å²) in [5, 5.41) is 24.8. The van der Waals surface area contributed by atoms with Crippen LogP contribution < -0.4 is 10.4 Å². The van der Waals surface area contributed by atoms with E-state index in [4.69, 9.17) is 0 Å². The molecule has 0 saturated heterocycles. The summed E-state index contributed by atoms with van der Waals surface area (Å²) in [6.07, 6.45) is 0.934. The van der Waals surface area contributed by atoms with Gasteiger partial charge in [-0.2, -0.15) is 0 Å². The minimum absolute atomic E-state index is 0.0167. The topological polar surface area (TPSA) is 94.8 Å². The van der Waals surface area contributed by atoms with E-state index >= 15 is 0 Å². The van der Waals surface area contributed by atoms with Crippen molar-refractivity contribution in [3.8, 4) is 5.75 Å². The van der Waals surface area contributed by atoms with E-state index in [1.807, 2.05) is 19.1 Å². The zero-order valence-electron chi connectivity index (χ0n) is 14.6. The predicted octanol–water partition coefficient (Wildman–Crippen LogP) is 3.10. The van der Waals surface area contributed by atoms with Crippen LogP contribution in [0.1, 0.15) is 6.42 Å². The number of hydrogen-bond donors (Lipinski definition) is 2. The van der Waals surface area contributed by atoms with Gasteiger partial charge in [0.05, 0.1) is 27.2 Å². The number of aromatic hydroxyl groups is 1. The van der Waals surface area contributed by atoms with Crippen LogP contribution in [0.25, 0.3) is 21.8 Å². The molecule has 8 heteroatoms. The van der Waals surface area contributed by atoms with Crippen LogP contribution in [0.15, 0.2) is 30.3 Å². The third-order valence-corrected chi connectivity index (χ3v) is 4.59. The van der Waals surface area contributed by atoms with Crippen molar-refractivity contribution in [3.63, 3.8) is 0 Å². The van der Waals surface area contributed by atoms with Gasteiger partial charge < -0.3 is 10.0 Å². The molecule has 2 aromatic carbocycles. The zero-order valence-corrected chi connectivity index (χ0v) is 14.6. The minimum atomic E-state index is -0.406. The number of nitrogens with one attached hydrogen (secondary N) is 1. The number of non-ortho nitro benzene ring substituents is 1. The SMILES string of the molecule is CN(C)CCCN1Nc2c3cc(O)ccc3nc3c([N+](=O)[O-])ccc1c23. The largest absolute Gasteiger partial charge is 0.508 e. The summed E-state index contributed by atoms with van der Waals surface area (Å²) in [7, 11) is 4.05. The van der Waals surface area contributed by atoms with Gasteiger partial charge in [0.15, 0.2) is 5.52 Å². The normalized spacial score (nSPS) is 13.0. The number of fused-ring (bicyclic) bond motifs is 2. The van der Waals surface area contributed by atoms with E-state index in [1.54, 1.807) is 18.2 Å². The fourth-order valence-electron chi connectivity index (χ4n) is 3.41. The molecule has 8 nitrogen and oxygen atoms in total. The molecule has 0 aliphatic carbocycles. The van der Waals surface area contributed by atoms with Gasteiger partial charge in [-0.3, -0.25) is 20.5 Å². The summed E-state index contributed by atoms with van der Waals surface area (Å²) in [6.45, 7) is 1.69. The summed E-state index contributed by atoms with van der Waals surface area (Å²) in [5.74, 6) is 0.134. The van der Waals surface area contributed by atoms with Crippen molar-refractivity contribution in [3.05, 3.63) is 40.4 Å². The molecular formula is C18H19N5O3. The average molecular weight is 353 g/mol. The van der Waals surface area contributed by atoms with E-state index < -0.39 is 4.92 Å². The summed E-state index contributed by atoms with van der Waals surface area (Å²) in [4.78, 5) is 17.7. The second kappa shape index (κ2) is 5.99. The molecule has 2 N–H and O–H groups in total. The molecule has 1 aromatic heterocycles. The monoisotopic (exact) mass is 353 g/mol. The molecule has 0 spiro atoms. The average Bonchev–Trinajstić information content (AvgIpc) is 2.95. The lowest BCUT2D eigenvalue weighted by atomic mass is 10.1. The van der Waals surface area contributed by atoms with Gasteiger partial charge in [-0.05, 0) is 51.3 Å². The molecule has 0 unspecified atom stereocenters. The Labute approximate surface area is 149 Å². The van der Waals surface area contributed by atoms with Crippen molar-refractivity contribution in [1.82, 2.24) is 9.88 Å². The van der Waals surface area contributed by atoms with Crippen molar-refractivity contribution >= 4 is 38.9 Å². The van der Waals surface area contributed by atoms with Gasteiger partial charge in [0.2, 0.25) is 0 Å². The van der Waals surface area contributed by atoms with Crippen molar-refractivity contribution in [2.24, 2.45) is 0 Å². The number of hydrazine groups is 1. The van der Waals surface area contributed by atoms with E-state index in [2.05, 4.69) is 15.3 Å². The van der Waals surface area contributed by atoms with Crippen molar-refractivity contribution in [1.29, 1.82) is 0 Å². The number of nitro groups is 1. The number of phenolic OH excluding ortho intramolecular Hbond substituents is 1. The Kier molecular flexibility index (Phi) is 3.77. The van der Waals surface area contributed by atoms with Gasteiger partial charge in [0.1, 0.15) is 5.75 Å².